The van der Waals surface area contributed by atoms with Gasteiger partial charge in [-0.05, 0) is 32.6 Å². The van der Waals surface area contributed by atoms with Crippen molar-refractivity contribution >= 4 is 15.8 Å². The molecule has 0 heterocycles. The zero-order chi connectivity index (χ0) is 12.3. The van der Waals surface area contributed by atoms with E-state index in [1.165, 1.54) is 0 Å². The molecule has 0 aromatic rings. The molecule has 2 N–H and O–H groups in total. The molecule has 1 atom stereocenters. The molecule has 0 aromatic carbocycles. The first-order valence-electron chi connectivity index (χ1n) is 5.52. The van der Waals surface area contributed by atoms with Gasteiger partial charge in [0.25, 0.3) is 0 Å². The maximum absolute atomic E-state index is 11.5. The standard InChI is InChI=1S/C10H19NO4S/c1-7(2)16(14,15)6-5-11-9(10(12)13)8-3-4-8/h7-9,11H,3-6H2,1-2H3,(H,12,13). The predicted molar refractivity (Wildman–Crippen MR) is 61.1 cm³/mol. The van der Waals surface area contributed by atoms with Crippen LogP contribution in [0.4, 0.5) is 0 Å². The van der Waals surface area contributed by atoms with Crippen molar-refractivity contribution in [3.8, 4) is 0 Å². The van der Waals surface area contributed by atoms with Crippen molar-refractivity contribution in [2.24, 2.45) is 5.92 Å². The van der Waals surface area contributed by atoms with Crippen LogP contribution in [0, 0.1) is 5.92 Å². The Balaban J connectivity index is 2.36. The third-order valence-electron chi connectivity index (χ3n) is 2.83. The fraction of sp³-hybridized carbons (Fsp3) is 0.900. The first kappa shape index (κ1) is 13.4. The Morgan fingerprint density at radius 1 is 1.44 bits per heavy atom. The van der Waals surface area contributed by atoms with E-state index in [4.69, 9.17) is 5.11 Å². The van der Waals surface area contributed by atoms with Crippen LogP contribution in [0.5, 0.6) is 0 Å². The Morgan fingerprint density at radius 3 is 2.38 bits per heavy atom. The summed E-state index contributed by atoms with van der Waals surface area (Å²) < 4.78 is 23.0. The van der Waals surface area contributed by atoms with Crippen LogP contribution in [0.3, 0.4) is 0 Å². The topological polar surface area (TPSA) is 83.5 Å². The van der Waals surface area contributed by atoms with Crippen LogP contribution in [0.25, 0.3) is 0 Å². The normalized spacial score (nSPS) is 18.7. The van der Waals surface area contributed by atoms with E-state index in [9.17, 15) is 13.2 Å². The van der Waals surface area contributed by atoms with E-state index >= 15 is 0 Å². The SMILES string of the molecule is CC(C)S(=O)(=O)CCNC(C(=O)O)C1CC1. The summed E-state index contributed by atoms with van der Waals surface area (Å²) in [5.41, 5.74) is 0. The number of carbonyl (C=O) groups is 1. The molecular formula is C10H19NO4S. The summed E-state index contributed by atoms with van der Waals surface area (Å²) in [5, 5.41) is 11.3. The van der Waals surface area contributed by atoms with Crippen molar-refractivity contribution in [2.75, 3.05) is 12.3 Å². The lowest BCUT2D eigenvalue weighted by atomic mass is 10.2. The van der Waals surface area contributed by atoms with Crippen molar-refractivity contribution < 1.29 is 18.3 Å². The van der Waals surface area contributed by atoms with Gasteiger partial charge in [-0.25, -0.2) is 8.42 Å². The zero-order valence-electron chi connectivity index (χ0n) is 9.64. The maximum Gasteiger partial charge on any atom is 0.320 e. The lowest BCUT2D eigenvalue weighted by molar-refractivity contribution is -0.140. The molecule has 0 aromatic heterocycles. The van der Waals surface area contributed by atoms with Crippen molar-refractivity contribution in [1.29, 1.82) is 0 Å². The van der Waals surface area contributed by atoms with E-state index in [0.717, 1.165) is 12.8 Å². The van der Waals surface area contributed by atoms with Gasteiger partial charge in [0.2, 0.25) is 0 Å². The van der Waals surface area contributed by atoms with Gasteiger partial charge in [-0.3, -0.25) is 4.79 Å². The second-order valence-corrected chi connectivity index (χ2v) is 7.20. The second-order valence-electron chi connectivity index (χ2n) is 4.52. The molecule has 1 fully saturated rings. The van der Waals surface area contributed by atoms with E-state index in [1.807, 2.05) is 0 Å². The van der Waals surface area contributed by atoms with Crippen LogP contribution in [-0.2, 0) is 14.6 Å². The largest absolute Gasteiger partial charge is 0.480 e. The van der Waals surface area contributed by atoms with Crippen LogP contribution in [0.1, 0.15) is 26.7 Å². The van der Waals surface area contributed by atoms with Gasteiger partial charge < -0.3 is 10.4 Å². The van der Waals surface area contributed by atoms with Crippen molar-refractivity contribution in [2.45, 2.75) is 38.0 Å². The Bertz CT molecular complexity index is 346. The summed E-state index contributed by atoms with van der Waals surface area (Å²) in [6, 6.07) is -0.581. The molecule has 0 saturated heterocycles. The Labute approximate surface area is 96.1 Å². The fourth-order valence-corrected chi connectivity index (χ4v) is 2.35. The van der Waals surface area contributed by atoms with Crippen LogP contribution in [-0.4, -0.2) is 43.1 Å². The summed E-state index contributed by atoms with van der Waals surface area (Å²) in [6.07, 6.45) is 1.84. The molecule has 0 aliphatic heterocycles. The van der Waals surface area contributed by atoms with Gasteiger partial charge in [0, 0.05) is 6.54 Å². The summed E-state index contributed by atoms with van der Waals surface area (Å²) in [4.78, 5) is 10.9. The molecule has 6 heteroatoms. The van der Waals surface area contributed by atoms with Crippen LogP contribution < -0.4 is 5.32 Å². The van der Waals surface area contributed by atoms with Gasteiger partial charge in [-0.1, -0.05) is 0 Å². The molecule has 16 heavy (non-hydrogen) atoms. The van der Waals surface area contributed by atoms with E-state index < -0.39 is 27.1 Å². The van der Waals surface area contributed by atoms with Crippen molar-refractivity contribution in [1.82, 2.24) is 5.32 Å². The minimum atomic E-state index is -3.08. The minimum Gasteiger partial charge on any atom is -0.480 e. The second kappa shape index (κ2) is 5.14. The number of nitrogens with one attached hydrogen (secondary N) is 1. The van der Waals surface area contributed by atoms with Crippen LogP contribution in [0.2, 0.25) is 0 Å². The highest BCUT2D eigenvalue weighted by molar-refractivity contribution is 7.92. The molecule has 5 nitrogen and oxygen atoms in total. The van der Waals surface area contributed by atoms with Gasteiger partial charge in [0.1, 0.15) is 6.04 Å². The van der Waals surface area contributed by atoms with Crippen LogP contribution >= 0.6 is 0 Å². The monoisotopic (exact) mass is 249 g/mol. The van der Waals surface area contributed by atoms with Gasteiger partial charge >= 0.3 is 5.97 Å². The Kier molecular flexibility index (Phi) is 4.32. The highest BCUT2D eigenvalue weighted by atomic mass is 32.2. The summed E-state index contributed by atoms with van der Waals surface area (Å²) in [7, 11) is -3.08. The third kappa shape index (κ3) is 3.75. The van der Waals surface area contributed by atoms with Gasteiger partial charge in [0.15, 0.2) is 9.84 Å². The lowest BCUT2D eigenvalue weighted by Crippen LogP contribution is -2.41. The van der Waals surface area contributed by atoms with Gasteiger partial charge in [-0.2, -0.15) is 0 Å². The van der Waals surface area contributed by atoms with Crippen LogP contribution in [0.15, 0.2) is 0 Å². The average molecular weight is 249 g/mol. The molecule has 94 valence electrons. The maximum atomic E-state index is 11.5. The minimum absolute atomic E-state index is 0.00116. The average Bonchev–Trinajstić information content (AvgIpc) is 2.94. The molecule has 0 spiro atoms. The lowest BCUT2D eigenvalue weighted by Gasteiger charge is -2.14. The summed E-state index contributed by atoms with van der Waals surface area (Å²) in [6.45, 7) is 3.48. The molecule has 0 amide bonds. The van der Waals surface area contributed by atoms with Crippen molar-refractivity contribution in [3.05, 3.63) is 0 Å². The first-order chi connectivity index (χ1) is 7.34. The first-order valence-corrected chi connectivity index (χ1v) is 7.24. The van der Waals surface area contributed by atoms with Gasteiger partial charge in [-0.15, -0.1) is 0 Å². The summed E-state index contributed by atoms with van der Waals surface area (Å²) >= 11 is 0. The smallest absolute Gasteiger partial charge is 0.320 e. The fourth-order valence-electron chi connectivity index (χ4n) is 1.48. The number of carboxylic acid groups (broad SMARTS) is 1. The number of rotatable bonds is 7. The number of hydrogen-bond donors (Lipinski definition) is 2. The molecule has 0 radical (unpaired) electrons. The zero-order valence-corrected chi connectivity index (χ0v) is 10.5. The molecule has 1 aliphatic rings. The van der Waals surface area contributed by atoms with E-state index in [1.54, 1.807) is 13.8 Å². The number of sulfone groups is 1. The van der Waals surface area contributed by atoms with Gasteiger partial charge in [0.05, 0.1) is 11.0 Å². The highest BCUT2D eigenvalue weighted by Gasteiger charge is 2.35. The van der Waals surface area contributed by atoms with Crippen molar-refractivity contribution in [3.63, 3.8) is 0 Å². The number of hydrogen-bond acceptors (Lipinski definition) is 4. The molecule has 0 bridgehead atoms. The molecule has 1 aliphatic carbocycles. The molecular weight excluding hydrogens is 230 g/mol. The van der Waals surface area contributed by atoms with E-state index in [0.29, 0.717) is 0 Å². The number of aliphatic carboxylic acids is 1. The highest BCUT2D eigenvalue weighted by Crippen LogP contribution is 2.32. The predicted octanol–water partition coefficient (Wildman–Crippen LogP) is 0.262. The molecule has 1 saturated carbocycles. The Morgan fingerprint density at radius 2 is 2.00 bits per heavy atom. The number of carboxylic acids is 1. The quantitative estimate of drug-likeness (QED) is 0.676. The molecule has 1 rings (SSSR count). The van der Waals surface area contributed by atoms with E-state index in [2.05, 4.69) is 5.32 Å². The Hall–Kier alpha value is -0.620. The summed E-state index contributed by atoms with van der Waals surface area (Å²) in [5.74, 6) is -0.704. The molecule has 1 unspecified atom stereocenters. The third-order valence-corrected chi connectivity index (χ3v) is 5.04. The van der Waals surface area contributed by atoms with E-state index in [-0.39, 0.29) is 18.2 Å².